The van der Waals surface area contributed by atoms with Gasteiger partial charge in [-0.25, -0.2) is 0 Å². The number of carbonyl (C=O) groups is 1. The third-order valence-corrected chi connectivity index (χ3v) is 5.10. The van der Waals surface area contributed by atoms with Crippen LogP contribution in [0, 0.1) is 39.4 Å². The van der Waals surface area contributed by atoms with Gasteiger partial charge in [-0.15, -0.1) is 0 Å². The Labute approximate surface area is 170 Å². The third kappa shape index (κ3) is 4.61. The largest absolute Gasteiger partial charge is 0.378 e. The Hall–Kier alpha value is -3.66. The van der Waals surface area contributed by atoms with E-state index in [2.05, 4.69) is 18.2 Å². The molecule has 1 aliphatic rings. The highest BCUT2D eigenvalue weighted by molar-refractivity contribution is 5.86. The molecular weight excluding hydrogens is 364 g/mol. The fourth-order valence-electron chi connectivity index (χ4n) is 3.50. The van der Waals surface area contributed by atoms with Gasteiger partial charge in [0.25, 0.3) is 0 Å². The van der Waals surface area contributed by atoms with Gasteiger partial charge in [-0.2, -0.15) is 15.8 Å². The summed E-state index contributed by atoms with van der Waals surface area (Å²) in [5.41, 5.74) is 1.42. The van der Waals surface area contributed by atoms with Gasteiger partial charge in [0.05, 0.1) is 42.5 Å². The van der Waals surface area contributed by atoms with Crippen LogP contribution in [0.1, 0.15) is 22.3 Å². The molecule has 2 aromatic rings. The number of ether oxygens (including phenoxy) is 1. The van der Waals surface area contributed by atoms with Gasteiger partial charge in [-0.1, -0.05) is 24.3 Å². The fourth-order valence-corrected chi connectivity index (χ4v) is 3.50. The maximum absolute atomic E-state index is 13.4. The molecule has 0 radical (unpaired) electrons. The number of hydrogen-bond donors (Lipinski definition) is 0. The van der Waals surface area contributed by atoms with E-state index in [-0.39, 0.29) is 18.7 Å². The van der Waals surface area contributed by atoms with Crippen LogP contribution in [0.25, 0.3) is 0 Å². The van der Waals surface area contributed by atoms with Gasteiger partial charge in [0.15, 0.2) is 0 Å². The van der Waals surface area contributed by atoms with Crippen LogP contribution in [0.5, 0.6) is 0 Å². The Morgan fingerprint density at radius 1 is 0.862 bits per heavy atom. The lowest BCUT2D eigenvalue weighted by Crippen LogP contribution is -2.50. The Bertz CT molecular complexity index is 926. The van der Waals surface area contributed by atoms with E-state index in [1.165, 1.54) is 0 Å². The van der Waals surface area contributed by atoms with Crippen LogP contribution < -0.4 is 0 Å². The number of hydrogen-bond acceptors (Lipinski definition) is 5. The summed E-state index contributed by atoms with van der Waals surface area (Å²) in [6.07, 6.45) is 0.483. The van der Waals surface area contributed by atoms with Crippen LogP contribution in [0.3, 0.4) is 0 Å². The highest BCUT2D eigenvalue weighted by atomic mass is 16.5. The Balaban J connectivity index is 1.95. The zero-order chi connectivity index (χ0) is 20.7. The van der Waals surface area contributed by atoms with Gasteiger partial charge in [-0.3, -0.25) is 4.79 Å². The van der Waals surface area contributed by atoms with Crippen molar-refractivity contribution >= 4 is 5.91 Å². The standard InChI is InChI=1S/C23H20N4O2/c24-15-20-5-1-18(2-6-20)13-23(17-26,22(28)27-9-11-29-12-10-27)14-19-3-7-21(16-25)8-4-19/h1-8H,9-14H2. The maximum atomic E-state index is 13.4. The molecule has 0 unspecified atom stereocenters. The molecular formula is C23H20N4O2. The molecule has 0 atom stereocenters. The minimum atomic E-state index is -1.28. The normalized spacial score (nSPS) is 13.8. The number of morpholine rings is 1. The summed E-state index contributed by atoms with van der Waals surface area (Å²) < 4.78 is 5.35. The zero-order valence-electron chi connectivity index (χ0n) is 16.0. The molecule has 0 N–H and O–H groups in total. The second-order valence-electron chi connectivity index (χ2n) is 7.07. The van der Waals surface area contributed by atoms with Gasteiger partial charge in [-0.05, 0) is 35.4 Å². The number of amides is 1. The van der Waals surface area contributed by atoms with E-state index in [1.807, 2.05) is 0 Å². The summed E-state index contributed by atoms with van der Waals surface area (Å²) in [5, 5.41) is 28.2. The zero-order valence-corrected chi connectivity index (χ0v) is 16.0. The first-order valence-corrected chi connectivity index (χ1v) is 9.37. The number of rotatable bonds is 5. The number of nitriles is 3. The van der Waals surface area contributed by atoms with Crippen molar-refractivity contribution in [2.45, 2.75) is 12.8 Å². The van der Waals surface area contributed by atoms with Crippen LogP contribution in [0.2, 0.25) is 0 Å². The van der Waals surface area contributed by atoms with Crippen molar-refractivity contribution in [1.82, 2.24) is 4.90 Å². The molecule has 0 spiro atoms. The lowest BCUT2D eigenvalue weighted by atomic mass is 9.76. The lowest BCUT2D eigenvalue weighted by Gasteiger charge is -2.35. The van der Waals surface area contributed by atoms with Gasteiger partial charge in [0.1, 0.15) is 5.41 Å². The Morgan fingerprint density at radius 2 is 1.31 bits per heavy atom. The van der Waals surface area contributed by atoms with Gasteiger partial charge in [0.2, 0.25) is 5.91 Å². The summed E-state index contributed by atoms with van der Waals surface area (Å²) in [7, 11) is 0. The second-order valence-corrected chi connectivity index (χ2v) is 7.07. The lowest BCUT2D eigenvalue weighted by molar-refractivity contribution is -0.143. The van der Waals surface area contributed by atoms with Crippen molar-refractivity contribution in [3.8, 4) is 18.2 Å². The summed E-state index contributed by atoms with van der Waals surface area (Å²) in [4.78, 5) is 15.1. The molecule has 1 aliphatic heterocycles. The highest BCUT2D eigenvalue weighted by Gasteiger charge is 2.42. The van der Waals surface area contributed by atoms with E-state index >= 15 is 0 Å². The molecule has 0 bridgehead atoms. The number of benzene rings is 2. The molecule has 3 rings (SSSR count). The molecule has 0 saturated carbocycles. The van der Waals surface area contributed by atoms with Crippen LogP contribution >= 0.6 is 0 Å². The van der Waals surface area contributed by atoms with E-state index < -0.39 is 5.41 Å². The average molecular weight is 384 g/mol. The van der Waals surface area contributed by atoms with E-state index in [0.717, 1.165) is 11.1 Å². The molecule has 1 fully saturated rings. The SMILES string of the molecule is N#Cc1ccc(CC(C#N)(Cc2ccc(C#N)cc2)C(=O)N2CCOCC2)cc1. The van der Waals surface area contributed by atoms with Crippen molar-refractivity contribution in [2.24, 2.45) is 5.41 Å². The smallest absolute Gasteiger partial charge is 0.243 e. The van der Waals surface area contributed by atoms with E-state index in [9.17, 15) is 10.1 Å². The van der Waals surface area contributed by atoms with Crippen molar-refractivity contribution in [3.63, 3.8) is 0 Å². The quantitative estimate of drug-likeness (QED) is 0.789. The minimum absolute atomic E-state index is 0.211. The number of nitrogens with zero attached hydrogens (tertiary/aromatic N) is 4. The van der Waals surface area contributed by atoms with Crippen LogP contribution in [-0.2, 0) is 22.4 Å². The fraction of sp³-hybridized carbons (Fsp3) is 0.304. The summed E-state index contributed by atoms with van der Waals surface area (Å²) >= 11 is 0. The van der Waals surface area contributed by atoms with E-state index in [4.69, 9.17) is 15.3 Å². The highest BCUT2D eigenvalue weighted by Crippen LogP contribution is 2.31. The van der Waals surface area contributed by atoms with Crippen LogP contribution in [-0.4, -0.2) is 37.1 Å². The van der Waals surface area contributed by atoms with Gasteiger partial charge in [0, 0.05) is 25.9 Å². The average Bonchev–Trinajstić information content (AvgIpc) is 2.79. The molecule has 6 heteroatoms. The van der Waals surface area contributed by atoms with E-state index in [0.29, 0.717) is 37.4 Å². The van der Waals surface area contributed by atoms with Crippen LogP contribution in [0.4, 0.5) is 0 Å². The summed E-state index contributed by atoms with van der Waals surface area (Å²) in [5.74, 6) is -0.211. The third-order valence-electron chi connectivity index (χ3n) is 5.10. The van der Waals surface area contributed by atoms with Crippen molar-refractivity contribution in [2.75, 3.05) is 26.3 Å². The van der Waals surface area contributed by atoms with Crippen molar-refractivity contribution < 1.29 is 9.53 Å². The molecule has 2 aromatic carbocycles. The number of carbonyl (C=O) groups excluding carboxylic acids is 1. The Kier molecular flexibility index (Phi) is 6.25. The first-order chi connectivity index (χ1) is 14.1. The molecule has 1 saturated heterocycles. The Morgan fingerprint density at radius 3 is 1.69 bits per heavy atom. The van der Waals surface area contributed by atoms with Crippen molar-refractivity contribution in [3.05, 3.63) is 70.8 Å². The first-order valence-electron chi connectivity index (χ1n) is 9.37. The predicted octanol–water partition coefficient (Wildman–Crippen LogP) is 2.58. The topological polar surface area (TPSA) is 101 Å². The molecule has 0 aromatic heterocycles. The molecule has 0 aliphatic carbocycles. The summed E-state index contributed by atoms with van der Waals surface area (Å²) in [6.45, 7) is 1.84. The van der Waals surface area contributed by atoms with Crippen LogP contribution in [0.15, 0.2) is 48.5 Å². The monoisotopic (exact) mass is 384 g/mol. The molecule has 29 heavy (non-hydrogen) atoms. The minimum Gasteiger partial charge on any atom is -0.378 e. The maximum Gasteiger partial charge on any atom is 0.243 e. The molecule has 6 nitrogen and oxygen atoms in total. The molecule has 144 valence electrons. The molecule has 1 amide bonds. The first kappa shape index (κ1) is 20.1. The summed E-state index contributed by atoms with van der Waals surface area (Å²) in [6, 6.07) is 20.4. The predicted molar refractivity (Wildman–Crippen MR) is 105 cm³/mol. The second kappa shape index (κ2) is 9.02. The van der Waals surface area contributed by atoms with Crippen molar-refractivity contribution in [1.29, 1.82) is 15.8 Å². The molecule has 1 heterocycles. The van der Waals surface area contributed by atoms with Gasteiger partial charge < -0.3 is 9.64 Å². The van der Waals surface area contributed by atoms with Gasteiger partial charge >= 0.3 is 0 Å². The van der Waals surface area contributed by atoms with E-state index in [1.54, 1.807) is 53.4 Å².